The molecule has 0 radical (unpaired) electrons. The summed E-state index contributed by atoms with van der Waals surface area (Å²) < 4.78 is 81.3. The number of amides is 1. The van der Waals surface area contributed by atoms with Crippen LogP contribution in [-0.2, 0) is 6.18 Å². The highest BCUT2D eigenvalue weighted by molar-refractivity contribution is 6.31. The molecule has 0 fully saturated rings. The predicted molar refractivity (Wildman–Crippen MR) is 114 cm³/mol. The van der Waals surface area contributed by atoms with Crippen LogP contribution < -0.4 is 10.6 Å². The van der Waals surface area contributed by atoms with Gasteiger partial charge in [-0.15, -0.1) is 0 Å². The van der Waals surface area contributed by atoms with Crippen molar-refractivity contribution in [2.45, 2.75) is 37.8 Å². The lowest BCUT2D eigenvalue weighted by Gasteiger charge is -2.33. The molecule has 34 heavy (non-hydrogen) atoms. The van der Waals surface area contributed by atoms with Crippen molar-refractivity contribution in [1.29, 1.82) is 0 Å². The third kappa shape index (κ3) is 4.84. The Morgan fingerprint density at radius 1 is 1.09 bits per heavy atom. The molecule has 12 heteroatoms. The monoisotopic (exact) mass is 502 g/mol. The summed E-state index contributed by atoms with van der Waals surface area (Å²) in [7, 11) is 0. The van der Waals surface area contributed by atoms with Crippen LogP contribution in [0, 0.1) is 6.92 Å². The third-order valence-electron chi connectivity index (χ3n) is 5.43. The van der Waals surface area contributed by atoms with Crippen LogP contribution in [0.25, 0.3) is 0 Å². The summed E-state index contributed by atoms with van der Waals surface area (Å²) in [5.74, 6) is -0.997. The van der Waals surface area contributed by atoms with Crippen molar-refractivity contribution in [1.82, 2.24) is 9.78 Å². The van der Waals surface area contributed by atoms with Crippen molar-refractivity contribution in [2.75, 3.05) is 10.6 Å². The average molecular weight is 503 g/mol. The van der Waals surface area contributed by atoms with E-state index in [0.29, 0.717) is 16.3 Å². The van der Waals surface area contributed by atoms with E-state index in [0.717, 1.165) is 23.8 Å². The summed E-state index contributed by atoms with van der Waals surface area (Å²) >= 11 is 5.57. The van der Waals surface area contributed by atoms with Crippen molar-refractivity contribution in [3.8, 4) is 0 Å². The molecule has 0 aliphatic carbocycles. The Kier molecular flexibility index (Phi) is 6.01. The van der Waals surface area contributed by atoms with E-state index >= 15 is 0 Å². The largest absolute Gasteiger partial charge is 0.417 e. The molecule has 2 heterocycles. The highest BCUT2D eigenvalue weighted by Crippen LogP contribution is 2.43. The minimum absolute atomic E-state index is 0.0311. The zero-order valence-corrected chi connectivity index (χ0v) is 18.2. The number of aryl methyl sites for hydroxylation is 1. The Morgan fingerprint density at radius 2 is 1.76 bits per heavy atom. The molecule has 2 atom stereocenters. The van der Waals surface area contributed by atoms with E-state index < -0.39 is 40.9 Å². The van der Waals surface area contributed by atoms with Gasteiger partial charge in [-0.2, -0.15) is 31.4 Å². The number of hydrogen-bond donors (Lipinski definition) is 2. The summed E-state index contributed by atoms with van der Waals surface area (Å²) in [5.41, 5.74) is -0.183. The Hall–Kier alpha value is -3.21. The third-order valence-corrected chi connectivity index (χ3v) is 5.76. The molecule has 0 unspecified atom stereocenters. The summed E-state index contributed by atoms with van der Waals surface area (Å²) in [5, 5.41) is 8.44. The predicted octanol–water partition coefficient (Wildman–Crippen LogP) is 6.78. The van der Waals surface area contributed by atoms with Crippen LogP contribution in [0.1, 0.15) is 45.7 Å². The van der Waals surface area contributed by atoms with Gasteiger partial charge in [-0.25, -0.2) is 4.68 Å². The lowest BCUT2D eigenvalue weighted by Crippen LogP contribution is -2.35. The first-order valence-electron chi connectivity index (χ1n) is 10.0. The first kappa shape index (κ1) is 23.9. The van der Waals surface area contributed by atoms with Gasteiger partial charge < -0.3 is 10.6 Å². The second-order valence-corrected chi connectivity index (χ2v) is 8.31. The number of rotatable bonds is 3. The highest BCUT2D eigenvalue weighted by atomic mass is 35.5. The van der Waals surface area contributed by atoms with Gasteiger partial charge in [0, 0.05) is 18.2 Å². The van der Waals surface area contributed by atoms with Crippen molar-refractivity contribution >= 4 is 29.0 Å². The molecule has 180 valence electrons. The number of alkyl halides is 6. The topological polar surface area (TPSA) is 59.0 Å². The number of benzene rings is 2. The molecule has 5 nitrogen and oxygen atoms in total. The second kappa shape index (κ2) is 8.53. The van der Waals surface area contributed by atoms with Gasteiger partial charge in [0.05, 0.1) is 16.6 Å². The van der Waals surface area contributed by atoms with Crippen molar-refractivity contribution in [2.24, 2.45) is 0 Å². The number of nitrogens with zero attached hydrogens (tertiary/aromatic N) is 2. The quantitative estimate of drug-likeness (QED) is 0.388. The molecular formula is C22H17ClF6N4O. The van der Waals surface area contributed by atoms with Crippen LogP contribution >= 0.6 is 11.6 Å². The van der Waals surface area contributed by atoms with E-state index in [1.165, 1.54) is 0 Å². The fourth-order valence-corrected chi connectivity index (χ4v) is 3.94. The number of fused-ring (bicyclic) bond motifs is 1. The SMILES string of the molecule is Cc1ccc([C@H]2C[C@@H](C(F)(F)F)n3nc(C(=O)Nc4ccc(Cl)c(C(F)(F)F)c4)cc3N2)cc1. The van der Waals surface area contributed by atoms with Gasteiger partial charge in [0.1, 0.15) is 5.82 Å². The van der Waals surface area contributed by atoms with Gasteiger partial charge in [0.15, 0.2) is 11.7 Å². The van der Waals surface area contributed by atoms with Crippen LogP contribution in [-0.4, -0.2) is 21.9 Å². The van der Waals surface area contributed by atoms with E-state index in [2.05, 4.69) is 15.7 Å². The van der Waals surface area contributed by atoms with E-state index in [1.54, 1.807) is 24.3 Å². The first-order chi connectivity index (χ1) is 15.8. The molecule has 4 rings (SSSR count). The number of anilines is 2. The molecule has 0 spiro atoms. The van der Waals surface area contributed by atoms with Crippen molar-refractivity contribution in [3.63, 3.8) is 0 Å². The van der Waals surface area contributed by atoms with E-state index in [1.807, 2.05) is 6.92 Å². The smallest absolute Gasteiger partial charge is 0.363 e. The lowest BCUT2D eigenvalue weighted by molar-refractivity contribution is -0.173. The molecule has 0 saturated heterocycles. The summed E-state index contributed by atoms with van der Waals surface area (Å²) in [6, 6.07) is 8.22. The Bertz CT molecular complexity index is 1220. The van der Waals surface area contributed by atoms with Crippen LogP contribution in [0.3, 0.4) is 0 Å². The molecule has 3 aromatic rings. The average Bonchev–Trinajstić information content (AvgIpc) is 3.17. The fraction of sp³-hybridized carbons (Fsp3) is 0.273. The van der Waals surface area contributed by atoms with Gasteiger partial charge in [-0.1, -0.05) is 41.4 Å². The molecule has 2 N–H and O–H groups in total. The lowest BCUT2D eigenvalue weighted by atomic mass is 9.96. The maximum atomic E-state index is 13.8. The number of nitrogens with one attached hydrogen (secondary N) is 2. The van der Waals surface area contributed by atoms with Gasteiger partial charge in [-0.3, -0.25) is 4.79 Å². The van der Waals surface area contributed by atoms with Crippen LogP contribution in [0.2, 0.25) is 5.02 Å². The van der Waals surface area contributed by atoms with E-state index in [4.69, 9.17) is 11.6 Å². The highest BCUT2D eigenvalue weighted by Gasteiger charge is 2.46. The van der Waals surface area contributed by atoms with Gasteiger partial charge >= 0.3 is 12.4 Å². The maximum Gasteiger partial charge on any atom is 0.417 e. The normalized spacial score (nSPS) is 18.2. The minimum atomic E-state index is -4.75. The standard InChI is InChI=1S/C22H17ClF6N4O/c1-11-2-4-12(5-3-11)16-9-18(22(27,28)29)33-19(31-16)10-17(32-33)20(34)30-13-6-7-15(23)14(8-13)21(24,25)26/h2-8,10,16,18,31H,9H2,1H3,(H,30,34)/t16-,18+/m1/s1. The minimum Gasteiger partial charge on any atom is -0.363 e. The van der Waals surface area contributed by atoms with Gasteiger partial charge in [0.25, 0.3) is 5.91 Å². The molecule has 1 aliphatic rings. The Balaban J connectivity index is 1.63. The van der Waals surface area contributed by atoms with Crippen LogP contribution in [0.15, 0.2) is 48.5 Å². The first-order valence-corrected chi connectivity index (χ1v) is 10.4. The molecule has 1 amide bonds. The van der Waals surface area contributed by atoms with Crippen molar-refractivity contribution < 1.29 is 31.1 Å². The number of aromatic nitrogens is 2. The molecule has 2 aromatic carbocycles. The van der Waals surface area contributed by atoms with E-state index in [-0.39, 0.29) is 23.6 Å². The van der Waals surface area contributed by atoms with Crippen molar-refractivity contribution in [3.05, 3.63) is 75.9 Å². The summed E-state index contributed by atoms with van der Waals surface area (Å²) in [6.07, 6.45) is -9.74. The number of carbonyl (C=O) groups is 1. The molecule has 0 saturated carbocycles. The van der Waals surface area contributed by atoms with Gasteiger partial charge in [-0.05, 0) is 30.7 Å². The summed E-state index contributed by atoms with van der Waals surface area (Å²) in [4.78, 5) is 12.6. The fourth-order valence-electron chi connectivity index (χ4n) is 3.72. The molecule has 0 bridgehead atoms. The number of hydrogen-bond acceptors (Lipinski definition) is 3. The Labute approximate surface area is 194 Å². The Morgan fingerprint density at radius 3 is 2.38 bits per heavy atom. The molecule has 1 aliphatic heterocycles. The maximum absolute atomic E-state index is 13.8. The van der Waals surface area contributed by atoms with Gasteiger partial charge in [0.2, 0.25) is 0 Å². The zero-order chi connectivity index (χ0) is 24.8. The zero-order valence-electron chi connectivity index (χ0n) is 17.4. The molecular weight excluding hydrogens is 486 g/mol. The number of carbonyl (C=O) groups excluding carboxylic acids is 1. The second-order valence-electron chi connectivity index (χ2n) is 7.91. The number of halogens is 7. The van der Waals surface area contributed by atoms with Crippen LogP contribution in [0.5, 0.6) is 0 Å². The van der Waals surface area contributed by atoms with Crippen LogP contribution in [0.4, 0.5) is 37.8 Å². The summed E-state index contributed by atoms with van der Waals surface area (Å²) in [6.45, 7) is 1.86. The molecule has 1 aromatic heterocycles. The van der Waals surface area contributed by atoms with E-state index in [9.17, 15) is 31.1 Å².